The largest absolute Gasteiger partial charge is 0.309 e. The van der Waals surface area contributed by atoms with E-state index in [-0.39, 0.29) is 5.41 Å². The molecular formula is C73H48N2. The predicted molar refractivity (Wildman–Crippen MR) is 318 cm³/mol. The maximum atomic E-state index is 2.51. The van der Waals surface area contributed by atoms with E-state index in [0.717, 1.165) is 12.8 Å². The van der Waals surface area contributed by atoms with Crippen LogP contribution in [0.1, 0.15) is 50.9 Å². The van der Waals surface area contributed by atoms with Gasteiger partial charge in [-0.25, -0.2) is 0 Å². The van der Waals surface area contributed by atoms with Gasteiger partial charge >= 0.3 is 0 Å². The first-order valence-corrected chi connectivity index (χ1v) is 26.4. The number of rotatable bonds is 6. The molecule has 0 fully saturated rings. The summed E-state index contributed by atoms with van der Waals surface area (Å²) < 4.78 is 4.88. The van der Waals surface area contributed by atoms with Crippen LogP contribution >= 0.6 is 0 Å². The van der Waals surface area contributed by atoms with Crippen molar-refractivity contribution in [1.82, 2.24) is 9.13 Å². The average Bonchev–Trinajstić information content (AvgIpc) is 4.24. The molecule has 0 unspecified atom stereocenters. The molecule has 1 spiro atoms. The van der Waals surface area contributed by atoms with Crippen molar-refractivity contribution in [3.8, 4) is 22.5 Å². The molecule has 0 saturated carbocycles. The number of fused-ring (bicyclic) bond motifs is 16. The lowest BCUT2D eigenvalue weighted by atomic mass is 9.72. The highest BCUT2D eigenvalue weighted by Crippen LogP contribution is 2.59. The second kappa shape index (κ2) is 16.3. The predicted octanol–water partition coefficient (Wildman–Crippen LogP) is 18.9. The van der Waals surface area contributed by atoms with Gasteiger partial charge in [-0.3, -0.25) is 0 Å². The van der Waals surface area contributed by atoms with Gasteiger partial charge in [-0.15, -0.1) is 0 Å². The van der Waals surface area contributed by atoms with Crippen LogP contribution in [0.4, 0.5) is 0 Å². The summed E-state index contributed by atoms with van der Waals surface area (Å²) in [6.45, 7) is 0. The molecule has 0 aliphatic heterocycles. The lowest BCUT2D eigenvalue weighted by molar-refractivity contribution is 0.626. The normalized spacial score (nSPS) is 15.0. The smallest absolute Gasteiger partial charge is 0.0541 e. The number of hydrogen-bond donors (Lipinski definition) is 0. The summed E-state index contributed by atoms with van der Waals surface area (Å²) in [7, 11) is 0. The minimum Gasteiger partial charge on any atom is -0.309 e. The van der Waals surface area contributed by atoms with E-state index >= 15 is 0 Å². The van der Waals surface area contributed by atoms with Gasteiger partial charge in [0.15, 0.2) is 0 Å². The Balaban J connectivity index is 0.783. The zero-order chi connectivity index (χ0) is 49.2. The van der Waals surface area contributed by atoms with E-state index in [1.165, 1.54) is 143 Å². The Morgan fingerprint density at radius 3 is 1.21 bits per heavy atom. The molecule has 0 atom stereocenters. The van der Waals surface area contributed by atoms with Crippen molar-refractivity contribution in [1.29, 1.82) is 0 Å². The minimum atomic E-state index is -0.261. The van der Waals surface area contributed by atoms with E-state index < -0.39 is 0 Å². The third-order valence-corrected chi connectivity index (χ3v) is 16.8. The van der Waals surface area contributed by atoms with Gasteiger partial charge < -0.3 is 9.13 Å². The van der Waals surface area contributed by atoms with Crippen molar-refractivity contribution in [3.63, 3.8) is 0 Å². The molecule has 2 heterocycles. The molecule has 75 heavy (non-hydrogen) atoms. The lowest BCUT2D eigenvalue weighted by Crippen LogP contribution is -2.23. The lowest BCUT2D eigenvalue weighted by Gasteiger charge is -2.29. The highest BCUT2D eigenvalue weighted by molar-refractivity contribution is 6.13. The molecule has 0 bridgehead atoms. The van der Waals surface area contributed by atoms with Crippen molar-refractivity contribution in [2.75, 3.05) is 0 Å². The van der Waals surface area contributed by atoms with Crippen LogP contribution in [0.2, 0.25) is 0 Å². The van der Waals surface area contributed by atoms with Gasteiger partial charge in [0, 0.05) is 37.7 Å². The molecule has 12 aromatic carbocycles. The summed E-state index contributed by atoms with van der Waals surface area (Å²) in [5.41, 5.74) is 20.2. The second-order valence-electron chi connectivity index (χ2n) is 20.8. The van der Waals surface area contributed by atoms with Crippen LogP contribution in [-0.2, 0) is 11.8 Å². The number of benzene rings is 12. The van der Waals surface area contributed by atoms with Crippen LogP contribution in [0.3, 0.4) is 0 Å². The standard InChI is InChI=1S/C73H48N2/c1-2-16-54-46-64-55(45-53(54)15-1)39-40-73(64)65-43-49(29-27-47-33-37-71-62(41-47)60-21-7-9-23-69(60)74(71)67-25-11-17-51-13-3-5-19-56(51)67)31-35-58(65)59-36-32-50(44-66(59)73)30-28-48-34-38-72-63(42-48)61-22-8-10-24-70(61)75(72)68-26-12-18-52-14-4-6-20-57(52)68/h1-38,41-46H,39-40H2. The monoisotopic (exact) mass is 952 g/mol. The van der Waals surface area contributed by atoms with Crippen molar-refractivity contribution >= 4 is 100 Å². The zero-order valence-corrected chi connectivity index (χ0v) is 41.2. The van der Waals surface area contributed by atoms with E-state index in [9.17, 15) is 0 Å². The van der Waals surface area contributed by atoms with Crippen LogP contribution in [0.15, 0.2) is 243 Å². The molecule has 0 N–H and O–H groups in total. The van der Waals surface area contributed by atoms with E-state index in [1.807, 2.05) is 0 Å². The first kappa shape index (κ1) is 42.1. The minimum absolute atomic E-state index is 0.261. The summed E-state index contributed by atoms with van der Waals surface area (Å²) in [4.78, 5) is 0. The fraction of sp³-hybridized carbons (Fsp3) is 0.0411. The summed E-state index contributed by atoms with van der Waals surface area (Å²) in [5, 5.41) is 12.6. The molecule has 2 aliphatic carbocycles. The number of aryl methyl sites for hydroxylation is 1. The van der Waals surface area contributed by atoms with E-state index in [4.69, 9.17) is 0 Å². The van der Waals surface area contributed by atoms with Crippen LogP contribution in [0.5, 0.6) is 0 Å². The van der Waals surface area contributed by atoms with E-state index in [0.29, 0.717) is 0 Å². The number of para-hydroxylation sites is 2. The summed E-state index contributed by atoms with van der Waals surface area (Å²) in [6, 6.07) is 90.5. The summed E-state index contributed by atoms with van der Waals surface area (Å²) >= 11 is 0. The third kappa shape index (κ3) is 6.33. The Morgan fingerprint density at radius 1 is 0.293 bits per heavy atom. The van der Waals surface area contributed by atoms with Crippen LogP contribution in [0.25, 0.3) is 123 Å². The molecule has 14 aromatic rings. The summed E-state index contributed by atoms with van der Waals surface area (Å²) in [6.07, 6.45) is 11.3. The molecule has 0 saturated heterocycles. The van der Waals surface area contributed by atoms with Crippen LogP contribution in [0, 0.1) is 0 Å². The van der Waals surface area contributed by atoms with Crippen molar-refractivity contribution in [2.45, 2.75) is 18.3 Å². The van der Waals surface area contributed by atoms with Gasteiger partial charge in [0.2, 0.25) is 0 Å². The maximum Gasteiger partial charge on any atom is 0.0541 e. The van der Waals surface area contributed by atoms with Crippen LogP contribution in [-0.4, -0.2) is 9.13 Å². The molecule has 2 nitrogen and oxygen atoms in total. The number of nitrogens with zero attached hydrogens (tertiary/aromatic N) is 2. The Morgan fingerprint density at radius 2 is 0.693 bits per heavy atom. The quantitative estimate of drug-likeness (QED) is 0.147. The van der Waals surface area contributed by atoms with Gasteiger partial charge in [0.25, 0.3) is 0 Å². The second-order valence-corrected chi connectivity index (χ2v) is 20.8. The zero-order valence-electron chi connectivity index (χ0n) is 41.2. The fourth-order valence-corrected chi connectivity index (χ4v) is 13.5. The molecule has 16 rings (SSSR count). The van der Waals surface area contributed by atoms with Crippen molar-refractivity contribution < 1.29 is 0 Å². The maximum absolute atomic E-state index is 2.51. The van der Waals surface area contributed by atoms with Gasteiger partial charge in [-0.1, -0.05) is 200 Å². The first-order chi connectivity index (χ1) is 37.1. The Hall–Kier alpha value is -9.50. The van der Waals surface area contributed by atoms with Gasteiger partial charge in [-0.2, -0.15) is 0 Å². The average molecular weight is 953 g/mol. The van der Waals surface area contributed by atoms with E-state index in [2.05, 4.69) is 276 Å². The highest BCUT2D eigenvalue weighted by Gasteiger charge is 2.48. The Kier molecular flexibility index (Phi) is 9.11. The Bertz CT molecular complexity index is 4520. The topological polar surface area (TPSA) is 9.86 Å². The Labute approximate surface area is 435 Å². The molecule has 2 aromatic heterocycles. The highest BCUT2D eigenvalue weighted by atomic mass is 15.0. The van der Waals surface area contributed by atoms with Crippen molar-refractivity contribution in [3.05, 3.63) is 287 Å². The third-order valence-electron chi connectivity index (χ3n) is 16.8. The molecule has 2 heteroatoms. The fourth-order valence-electron chi connectivity index (χ4n) is 13.5. The van der Waals surface area contributed by atoms with E-state index in [1.54, 1.807) is 0 Å². The molecule has 2 aliphatic rings. The van der Waals surface area contributed by atoms with Crippen molar-refractivity contribution in [2.24, 2.45) is 0 Å². The number of hydrogen-bond acceptors (Lipinski definition) is 0. The SMILES string of the molecule is C(=Cc1ccc2c(c1)c1ccccc1n2-c1cccc2ccccc12)c1ccc2c(c1)C1(CCc3cc4ccccc4cc31)c1cc(C=Cc3ccc4c(c3)c3ccccc3n4-c3cccc4ccccc34)ccc1-2. The molecule has 0 amide bonds. The number of aromatic nitrogens is 2. The van der Waals surface area contributed by atoms with Gasteiger partial charge in [0.05, 0.1) is 33.4 Å². The molecule has 0 radical (unpaired) electrons. The van der Waals surface area contributed by atoms with Crippen LogP contribution < -0.4 is 0 Å². The molecule has 350 valence electrons. The van der Waals surface area contributed by atoms with Gasteiger partial charge in [0.1, 0.15) is 0 Å². The first-order valence-electron chi connectivity index (χ1n) is 26.4. The summed E-state index contributed by atoms with van der Waals surface area (Å²) in [5.74, 6) is 0. The van der Waals surface area contributed by atoms with Gasteiger partial charge in [-0.05, 0) is 157 Å². The molecular weight excluding hydrogens is 905 g/mol.